The lowest BCUT2D eigenvalue weighted by molar-refractivity contribution is -0.169. The Balaban J connectivity index is 1.78. The van der Waals surface area contributed by atoms with E-state index in [2.05, 4.69) is 0 Å². The number of amides is 2. The largest absolute Gasteiger partial charge is 0.438 e. The average Bonchev–Trinajstić information content (AvgIpc) is 2.70. The second kappa shape index (κ2) is 7.90. The highest BCUT2D eigenvalue weighted by Crippen LogP contribution is 2.32. The van der Waals surface area contributed by atoms with Gasteiger partial charge in [0.1, 0.15) is 6.10 Å². The van der Waals surface area contributed by atoms with Crippen LogP contribution in [0.3, 0.4) is 0 Å². The zero-order valence-corrected chi connectivity index (χ0v) is 15.6. The number of hydrazine groups is 1. The van der Waals surface area contributed by atoms with Crippen LogP contribution in [0.4, 0.5) is 4.79 Å². The van der Waals surface area contributed by atoms with E-state index in [1.807, 2.05) is 43.3 Å². The van der Waals surface area contributed by atoms with Gasteiger partial charge >= 0.3 is 6.09 Å². The van der Waals surface area contributed by atoms with Crippen molar-refractivity contribution in [1.29, 1.82) is 0 Å². The van der Waals surface area contributed by atoms with Crippen LogP contribution in [0.25, 0.3) is 0 Å². The summed E-state index contributed by atoms with van der Waals surface area (Å²) in [4.78, 5) is 25.5. The highest BCUT2D eigenvalue weighted by atomic mass is 16.6. The lowest BCUT2D eigenvalue weighted by Crippen LogP contribution is -2.59. The maximum Gasteiger partial charge on any atom is 0.432 e. The van der Waals surface area contributed by atoms with E-state index in [4.69, 9.17) is 4.74 Å². The van der Waals surface area contributed by atoms with Gasteiger partial charge in [0.05, 0.1) is 18.1 Å². The zero-order chi connectivity index (χ0) is 19.6. The number of benzene rings is 2. The standard InChI is InChI=1S/C21H24N2O4/c1-14(18(24)16-10-6-4-7-11-16)20(25)23-21(26)27-19(15(2)22(23)3)17-12-8-5-9-13-17/h4-15,18-19,24H,1-3H3/t14-,15-,18-,19-/m0/s1. The third-order valence-corrected chi connectivity index (χ3v) is 5.08. The monoisotopic (exact) mass is 368 g/mol. The van der Waals surface area contributed by atoms with E-state index in [-0.39, 0.29) is 6.04 Å². The van der Waals surface area contributed by atoms with E-state index in [9.17, 15) is 14.7 Å². The van der Waals surface area contributed by atoms with Crippen LogP contribution in [0, 0.1) is 5.92 Å². The smallest absolute Gasteiger partial charge is 0.432 e. The molecule has 142 valence electrons. The van der Waals surface area contributed by atoms with Gasteiger partial charge in [-0.15, -0.1) is 0 Å². The van der Waals surface area contributed by atoms with Crippen molar-refractivity contribution in [2.45, 2.75) is 32.1 Å². The van der Waals surface area contributed by atoms with Gasteiger partial charge in [-0.2, -0.15) is 5.01 Å². The summed E-state index contributed by atoms with van der Waals surface area (Å²) >= 11 is 0. The van der Waals surface area contributed by atoms with E-state index in [0.29, 0.717) is 5.56 Å². The summed E-state index contributed by atoms with van der Waals surface area (Å²) in [7, 11) is 1.68. The fourth-order valence-corrected chi connectivity index (χ4v) is 3.27. The number of carbonyl (C=O) groups excluding carboxylic acids is 2. The first-order valence-corrected chi connectivity index (χ1v) is 8.97. The molecule has 3 rings (SSSR count). The Hall–Kier alpha value is -2.70. The van der Waals surface area contributed by atoms with Crippen molar-refractivity contribution in [1.82, 2.24) is 10.0 Å². The molecule has 2 aromatic rings. The molecule has 1 N–H and O–H groups in total. The Morgan fingerprint density at radius 2 is 1.63 bits per heavy atom. The molecule has 0 unspecified atom stereocenters. The molecule has 0 saturated carbocycles. The third-order valence-electron chi connectivity index (χ3n) is 5.08. The predicted molar refractivity (Wildman–Crippen MR) is 100 cm³/mol. The van der Waals surface area contributed by atoms with Gasteiger partial charge in [0.2, 0.25) is 0 Å². The molecule has 0 aromatic heterocycles. The molecule has 0 radical (unpaired) electrons. The molecule has 4 atom stereocenters. The van der Waals surface area contributed by atoms with Gasteiger partial charge in [-0.1, -0.05) is 67.6 Å². The summed E-state index contributed by atoms with van der Waals surface area (Å²) < 4.78 is 5.57. The third kappa shape index (κ3) is 3.72. The lowest BCUT2D eigenvalue weighted by atomic mass is 9.96. The molecule has 1 heterocycles. The number of imide groups is 1. The first-order chi connectivity index (χ1) is 12.9. The van der Waals surface area contributed by atoms with Crippen LogP contribution in [-0.2, 0) is 9.53 Å². The molecule has 1 saturated heterocycles. The quantitative estimate of drug-likeness (QED) is 0.897. The Kier molecular flexibility index (Phi) is 5.58. The number of ether oxygens (including phenoxy) is 1. The number of nitrogens with zero attached hydrogens (tertiary/aromatic N) is 2. The van der Waals surface area contributed by atoms with E-state index in [1.165, 1.54) is 0 Å². The lowest BCUT2D eigenvalue weighted by Gasteiger charge is -2.43. The van der Waals surface area contributed by atoms with Crippen LogP contribution in [-0.4, -0.2) is 40.2 Å². The van der Waals surface area contributed by atoms with Crippen LogP contribution in [0.5, 0.6) is 0 Å². The number of carbonyl (C=O) groups is 2. The van der Waals surface area contributed by atoms with Crippen LogP contribution in [0.1, 0.15) is 37.2 Å². The fraction of sp³-hybridized carbons (Fsp3) is 0.333. The van der Waals surface area contributed by atoms with Gasteiger partial charge in [0.25, 0.3) is 5.91 Å². The second-order valence-corrected chi connectivity index (χ2v) is 6.82. The number of aliphatic hydroxyl groups is 1. The van der Waals surface area contributed by atoms with Crippen molar-refractivity contribution in [3.8, 4) is 0 Å². The Labute approximate surface area is 158 Å². The SMILES string of the molecule is C[C@H](C(=O)N1C(=O)O[C@H](c2ccccc2)[C@H](C)N1C)[C@H](O)c1ccccc1. The molecular weight excluding hydrogens is 344 g/mol. The van der Waals surface area contributed by atoms with Crippen molar-refractivity contribution in [2.24, 2.45) is 5.92 Å². The van der Waals surface area contributed by atoms with Gasteiger partial charge in [-0.05, 0) is 18.1 Å². The van der Waals surface area contributed by atoms with Crippen LogP contribution >= 0.6 is 0 Å². The molecule has 0 bridgehead atoms. The van der Waals surface area contributed by atoms with Crippen LogP contribution < -0.4 is 0 Å². The predicted octanol–water partition coefficient (Wildman–Crippen LogP) is 3.31. The van der Waals surface area contributed by atoms with Gasteiger partial charge in [0, 0.05) is 7.05 Å². The number of cyclic esters (lactones) is 1. The first kappa shape index (κ1) is 19.1. The second-order valence-electron chi connectivity index (χ2n) is 6.82. The maximum atomic E-state index is 12.9. The van der Waals surface area contributed by atoms with E-state index >= 15 is 0 Å². The minimum atomic E-state index is -1.01. The molecule has 27 heavy (non-hydrogen) atoms. The number of rotatable bonds is 4. The summed E-state index contributed by atoms with van der Waals surface area (Å²) in [6.45, 7) is 3.50. The van der Waals surface area contributed by atoms with Gasteiger partial charge < -0.3 is 9.84 Å². The minimum Gasteiger partial charge on any atom is -0.438 e. The topological polar surface area (TPSA) is 70.1 Å². The Morgan fingerprint density at radius 1 is 1.07 bits per heavy atom. The summed E-state index contributed by atoms with van der Waals surface area (Å²) in [5, 5.41) is 13.1. The number of hydrogen-bond donors (Lipinski definition) is 1. The molecule has 1 aliphatic heterocycles. The van der Waals surface area contributed by atoms with Crippen LogP contribution in [0.2, 0.25) is 0 Å². The molecule has 6 heteroatoms. The molecular formula is C21H24N2O4. The van der Waals surface area contributed by atoms with Crippen molar-refractivity contribution >= 4 is 12.0 Å². The summed E-state index contributed by atoms with van der Waals surface area (Å²) in [5.74, 6) is -1.31. The van der Waals surface area contributed by atoms with Gasteiger partial charge in [-0.25, -0.2) is 9.80 Å². The van der Waals surface area contributed by atoms with Crippen molar-refractivity contribution in [3.05, 3.63) is 71.8 Å². The minimum absolute atomic E-state index is 0.241. The maximum absolute atomic E-state index is 12.9. The summed E-state index contributed by atoms with van der Waals surface area (Å²) in [5.41, 5.74) is 1.50. The average molecular weight is 368 g/mol. The normalized spacial score (nSPS) is 22.8. The van der Waals surface area contributed by atoms with Gasteiger partial charge in [-0.3, -0.25) is 4.79 Å². The highest BCUT2D eigenvalue weighted by molar-refractivity contribution is 5.93. The molecule has 1 fully saturated rings. The van der Waals surface area contributed by atoms with Crippen LogP contribution in [0.15, 0.2) is 60.7 Å². The van der Waals surface area contributed by atoms with Crippen molar-refractivity contribution < 1.29 is 19.4 Å². The number of likely N-dealkylation sites (N-methyl/N-ethyl adjacent to an activating group) is 1. The molecule has 6 nitrogen and oxygen atoms in total. The first-order valence-electron chi connectivity index (χ1n) is 8.97. The van der Waals surface area contributed by atoms with Crippen molar-refractivity contribution in [2.75, 3.05) is 7.05 Å². The highest BCUT2D eigenvalue weighted by Gasteiger charge is 2.44. The molecule has 2 amide bonds. The number of aliphatic hydroxyl groups excluding tert-OH is 1. The Bertz CT molecular complexity index is 796. The summed E-state index contributed by atoms with van der Waals surface area (Å²) in [6.07, 6.45) is -2.22. The molecule has 0 spiro atoms. The Morgan fingerprint density at radius 3 is 2.22 bits per heavy atom. The fourth-order valence-electron chi connectivity index (χ4n) is 3.27. The number of hydrogen-bond acceptors (Lipinski definition) is 5. The van der Waals surface area contributed by atoms with E-state index in [1.54, 1.807) is 43.2 Å². The van der Waals surface area contributed by atoms with Crippen molar-refractivity contribution in [3.63, 3.8) is 0 Å². The summed E-state index contributed by atoms with van der Waals surface area (Å²) in [6, 6.07) is 18.1. The van der Waals surface area contributed by atoms with E-state index in [0.717, 1.165) is 10.6 Å². The molecule has 2 aromatic carbocycles. The van der Waals surface area contributed by atoms with E-state index < -0.39 is 30.1 Å². The molecule has 1 aliphatic rings. The zero-order valence-electron chi connectivity index (χ0n) is 15.6. The van der Waals surface area contributed by atoms with Gasteiger partial charge in [0.15, 0.2) is 0 Å². The molecule has 0 aliphatic carbocycles.